The van der Waals surface area contributed by atoms with Gasteiger partial charge in [0, 0.05) is 47.5 Å². The zero-order valence-electron chi connectivity index (χ0n) is 13.4. The van der Waals surface area contributed by atoms with Gasteiger partial charge in [-0.25, -0.2) is 4.98 Å². The highest BCUT2D eigenvalue weighted by molar-refractivity contribution is 9.10. The van der Waals surface area contributed by atoms with Crippen LogP contribution >= 0.6 is 27.3 Å². The molecule has 1 amide bonds. The maximum Gasteiger partial charge on any atom is 0.253 e. The molecule has 0 unspecified atom stereocenters. The molecule has 2 aromatic rings. The highest BCUT2D eigenvalue weighted by atomic mass is 79.9. The number of piperazine rings is 1. The van der Waals surface area contributed by atoms with Crippen LogP contribution in [-0.2, 0) is 6.54 Å². The number of hydrogen-bond donors (Lipinski definition) is 0. The average molecular weight is 406 g/mol. The number of rotatable bonds is 4. The van der Waals surface area contributed by atoms with Crippen LogP contribution in [0.4, 0.5) is 0 Å². The van der Waals surface area contributed by atoms with Gasteiger partial charge < -0.3 is 4.90 Å². The van der Waals surface area contributed by atoms with Crippen molar-refractivity contribution in [2.75, 3.05) is 26.2 Å². The summed E-state index contributed by atoms with van der Waals surface area (Å²) in [6, 6.07) is 7.63. The molecule has 1 aliphatic heterocycles. The normalized spacial score (nSPS) is 18.8. The number of amides is 1. The van der Waals surface area contributed by atoms with E-state index in [1.807, 2.05) is 29.2 Å². The Hall–Kier alpha value is -1.24. The van der Waals surface area contributed by atoms with E-state index in [0.717, 1.165) is 48.7 Å². The molecule has 126 valence electrons. The van der Waals surface area contributed by atoms with E-state index in [0.29, 0.717) is 0 Å². The molecule has 1 aromatic heterocycles. The molecule has 2 aliphatic rings. The Kier molecular flexibility index (Phi) is 4.70. The van der Waals surface area contributed by atoms with Crippen molar-refractivity contribution in [3.8, 4) is 0 Å². The maximum absolute atomic E-state index is 12.6. The summed E-state index contributed by atoms with van der Waals surface area (Å²) in [6.45, 7) is 4.31. The highest BCUT2D eigenvalue weighted by Crippen LogP contribution is 2.40. The molecule has 2 fully saturated rings. The molecule has 2 heterocycles. The van der Waals surface area contributed by atoms with E-state index in [1.165, 1.54) is 23.5 Å². The zero-order chi connectivity index (χ0) is 16.5. The fraction of sp³-hybridized carbons (Fsp3) is 0.444. The van der Waals surface area contributed by atoms with Crippen molar-refractivity contribution in [1.29, 1.82) is 0 Å². The number of benzene rings is 1. The number of carbonyl (C=O) groups excluding carboxylic acids is 1. The number of thiazole rings is 1. The Balaban J connectivity index is 1.31. The fourth-order valence-corrected chi connectivity index (χ4v) is 4.39. The molecule has 0 spiro atoms. The fourth-order valence-electron chi connectivity index (χ4n) is 3.07. The van der Waals surface area contributed by atoms with Crippen LogP contribution in [-0.4, -0.2) is 46.9 Å². The summed E-state index contributed by atoms with van der Waals surface area (Å²) in [5.74, 6) is 0.857. The van der Waals surface area contributed by atoms with Crippen molar-refractivity contribution in [2.24, 2.45) is 0 Å². The monoisotopic (exact) mass is 405 g/mol. The van der Waals surface area contributed by atoms with Crippen molar-refractivity contribution in [1.82, 2.24) is 14.8 Å². The molecule has 1 aliphatic carbocycles. The molecule has 6 heteroatoms. The van der Waals surface area contributed by atoms with Gasteiger partial charge in [0.05, 0.1) is 12.2 Å². The number of aromatic nitrogens is 1. The smallest absolute Gasteiger partial charge is 0.253 e. The van der Waals surface area contributed by atoms with Crippen LogP contribution < -0.4 is 0 Å². The maximum atomic E-state index is 12.6. The molecule has 4 rings (SSSR count). The molecule has 24 heavy (non-hydrogen) atoms. The van der Waals surface area contributed by atoms with Gasteiger partial charge in [-0.15, -0.1) is 11.3 Å². The summed E-state index contributed by atoms with van der Waals surface area (Å²) >= 11 is 5.21. The lowest BCUT2D eigenvalue weighted by Crippen LogP contribution is -2.48. The van der Waals surface area contributed by atoms with Gasteiger partial charge in [-0.3, -0.25) is 9.69 Å². The van der Waals surface area contributed by atoms with Crippen LogP contribution in [0.1, 0.15) is 39.8 Å². The van der Waals surface area contributed by atoms with Crippen molar-refractivity contribution < 1.29 is 4.79 Å². The predicted molar refractivity (Wildman–Crippen MR) is 99.4 cm³/mol. The molecule has 4 nitrogen and oxygen atoms in total. The van der Waals surface area contributed by atoms with Gasteiger partial charge in [-0.1, -0.05) is 22.0 Å². The second-order valence-electron chi connectivity index (χ2n) is 6.52. The van der Waals surface area contributed by atoms with Crippen LogP contribution in [0.2, 0.25) is 0 Å². The summed E-state index contributed by atoms with van der Waals surface area (Å²) in [6.07, 6.45) is 2.61. The lowest BCUT2D eigenvalue weighted by molar-refractivity contribution is 0.0628. The van der Waals surface area contributed by atoms with Gasteiger partial charge in [0.2, 0.25) is 0 Å². The standard InChI is InChI=1S/C18H20BrN3OS/c19-15-3-1-2-14(10-15)18(23)22-8-6-21(7-9-22)11-17-20-16(12-24-17)13-4-5-13/h1-3,10,12-13H,4-9,11H2. The third kappa shape index (κ3) is 3.71. The van der Waals surface area contributed by atoms with E-state index in [4.69, 9.17) is 4.98 Å². The quantitative estimate of drug-likeness (QED) is 0.776. The van der Waals surface area contributed by atoms with Gasteiger partial charge in [-0.2, -0.15) is 0 Å². The van der Waals surface area contributed by atoms with Crippen LogP contribution in [0.5, 0.6) is 0 Å². The van der Waals surface area contributed by atoms with E-state index >= 15 is 0 Å². The zero-order valence-corrected chi connectivity index (χ0v) is 15.9. The first-order chi connectivity index (χ1) is 11.7. The number of halogens is 1. The molecule has 1 aromatic carbocycles. The molecule has 1 saturated heterocycles. The lowest BCUT2D eigenvalue weighted by Gasteiger charge is -2.34. The van der Waals surface area contributed by atoms with Crippen molar-refractivity contribution in [3.63, 3.8) is 0 Å². The minimum Gasteiger partial charge on any atom is -0.336 e. The summed E-state index contributed by atoms with van der Waals surface area (Å²) < 4.78 is 0.947. The van der Waals surface area contributed by atoms with Crippen LogP contribution in [0, 0.1) is 0 Å². The summed E-state index contributed by atoms with van der Waals surface area (Å²) in [4.78, 5) is 21.7. The van der Waals surface area contributed by atoms with Crippen molar-refractivity contribution in [2.45, 2.75) is 25.3 Å². The minimum absolute atomic E-state index is 0.126. The Morgan fingerprint density at radius 3 is 2.75 bits per heavy atom. The Bertz CT molecular complexity index is 735. The topological polar surface area (TPSA) is 36.4 Å². The molecule has 0 N–H and O–H groups in total. The van der Waals surface area contributed by atoms with Gasteiger partial charge >= 0.3 is 0 Å². The van der Waals surface area contributed by atoms with Gasteiger partial charge in [0.15, 0.2) is 0 Å². The SMILES string of the molecule is O=C(c1cccc(Br)c1)N1CCN(Cc2nc(C3CC3)cs2)CC1. The minimum atomic E-state index is 0.126. The van der Waals surface area contributed by atoms with E-state index in [9.17, 15) is 4.79 Å². The third-order valence-corrected chi connectivity index (χ3v) is 6.00. The first kappa shape index (κ1) is 16.2. The van der Waals surface area contributed by atoms with E-state index in [2.05, 4.69) is 26.2 Å². The van der Waals surface area contributed by atoms with E-state index < -0.39 is 0 Å². The number of carbonyl (C=O) groups is 1. The molecular formula is C18H20BrN3OS. The predicted octanol–water partition coefficient (Wildman–Crippen LogP) is 3.74. The molecule has 0 radical (unpaired) electrons. The first-order valence-corrected chi connectivity index (χ1v) is 10.1. The third-order valence-electron chi connectivity index (χ3n) is 4.66. The molecule has 1 saturated carbocycles. The Morgan fingerprint density at radius 2 is 2.04 bits per heavy atom. The molecule has 0 bridgehead atoms. The largest absolute Gasteiger partial charge is 0.336 e. The second-order valence-corrected chi connectivity index (χ2v) is 8.38. The van der Waals surface area contributed by atoms with Crippen molar-refractivity contribution in [3.05, 3.63) is 50.4 Å². The molecular weight excluding hydrogens is 386 g/mol. The van der Waals surface area contributed by atoms with Crippen LogP contribution in [0.3, 0.4) is 0 Å². The van der Waals surface area contributed by atoms with Gasteiger partial charge in [0.1, 0.15) is 5.01 Å². The summed E-state index contributed by atoms with van der Waals surface area (Å²) in [5.41, 5.74) is 2.05. The lowest BCUT2D eigenvalue weighted by atomic mass is 10.2. The Labute approximate surface area is 154 Å². The highest BCUT2D eigenvalue weighted by Gasteiger charge is 2.27. The summed E-state index contributed by atoms with van der Waals surface area (Å²) in [5, 5.41) is 3.43. The Morgan fingerprint density at radius 1 is 1.25 bits per heavy atom. The van der Waals surface area contributed by atoms with Crippen molar-refractivity contribution >= 4 is 33.2 Å². The van der Waals surface area contributed by atoms with E-state index in [1.54, 1.807) is 11.3 Å². The van der Waals surface area contributed by atoms with Crippen LogP contribution in [0.25, 0.3) is 0 Å². The number of nitrogens with zero attached hydrogens (tertiary/aromatic N) is 3. The van der Waals surface area contributed by atoms with Crippen LogP contribution in [0.15, 0.2) is 34.1 Å². The summed E-state index contributed by atoms with van der Waals surface area (Å²) in [7, 11) is 0. The number of hydrogen-bond acceptors (Lipinski definition) is 4. The first-order valence-electron chi connectivity index (χ1n) is 8.40. The van der Waals surface area contributed by atoms with Gasteiger partial charge in [0.25, 0.3) is 5.91 Å². The average Bonchev–Trinajstić information content (AvgIpc) is 3.35. The van der Waals surface area contributed by atoms with Gasteiger partial charge in [-0.05, 0) is 31.0 Å². The van der Waals surface area contributed by atoms with E-state index in [-0.39, 0.29) is 5.91 Å². The second kappa shape index (κ2) is 6.94. The molecule has 0 atom stereocenters.